The summed E-state index contributed by atoms with van der Waals surface area (Å²) in [5, 5.41) is 5.25. The zero-order valence-electron chi connectivity index (χ0n) is 14.2. The molecule has 4 N–H and O–H groups in total. The van der Waals surface area contributed by atoms with Crippen molar-refractivity contribution in [3.63, 3.8) is 0 Å². The largest absolute Gasteiger partial charge is 0.397 e. The van der Waals surface area contributed by atoms with Gasteiger partial charge in [-0.25, -0.2) is 8.78 Å². The van der Waals surface area contributed by atoms with Gasteiger partial charge in [-0.3, -0.25) is 9.59 Å². The molecule has 7 heteroatoms. The summed E-state index contributed by atoms with van der Waals surface area (Å²) in [6, 6.07) is 9.34. The number of nitrogens with two attached hydrogens (primary N) is 1. The number of halogens is 2. The third kappa shape index (κ3) is 6.51. The summed E-state index contributed by atoms with van der Waals surface area (Å²) >= 11 is 0. The van der Waals surface area contributed by atoms with Crippen LogP contribution in [0.25, 0.3) is 0 Å². The van der Waals surface area contributed by atoms with Gasteiger partial charge in [0.05, 0.1) is 11.4 Å². The third-order valence-electron chi connectivity index (χ3n) is 3.73. The Morgan fingerprint density at radius 1 is 0.808 bits per heavy atom. The molecule has 0 spiro atoms. The molecular weight excluding hydrogens is 340 g/mol. The monoisotopic (exact) mass is 361 g/mol. The predicted octanol–water partition coefficient (Wildman–Crippen LogP) is 4.07. The first-order valence-corrected chi connectivity index (χ1v) is 8.34. The topological polar surface area (TPSA) is 84.2 Å². The van der Waals surface area contributed by atoms with Crippen LogP contribution in [0.3, 0.4) is 0 Å². The van der Waals surface area contributed by atoms with Gasteiger partial charge in [0.25, 0.3) is 0 Å². The van der Waals surface area contributed by atoms with Crippen LogP contribution < -0.4 is 16.4 Å². The van der Waals surface area contributed by atoms with Crippen molar-refractivity contribution >= 4 is 28.9 Å². The van der Waals surface area contributed by atoms with Gasteiger partial charge in [0.1, 0.15) is 11.6 Å². The van der Waals surface area contributed by atoms with Gasteiger partial charge in [-0.05, 0) is 55.3 Å². The molecule has 0 heterocycles. The van der Waals surface area contributed by atoms with Gasteiger partial charge in [0.2, 0.25) is 11.8 Å². The average molecular weight is 361 g/mol. The average Bonchev–Trinajstić information content (AvgIpc) is 2.60. The van der Waals surface area contributed by atoms with Crippen molar-refractivity contribution in [1.82, 2.24) is 0 Å². The summed E-state index contributed by atoms with van der Waals surface area (Å²) in [7, 11) is 0. The van der Waals surface area contributed by atoms with E-state index in [2.05, 4.69) is 10.6 Å². The van der Waals surface area contributed by atoms with Crippen molar-refractivity contribution in [2.24, 2.45) is 0 Å². The maximum absolute atomic E-state index is 13.1. The predicted molar refractivity (Wildman–Crippen MR) is 97.6 cm³/mol. The molecule has 0 aliphatic carbocycles. The standard InChI is InChI=1S/C19H21F2N3O2/c20-13-6-9-15(10-7-13)23-18(25)4-2-1-3-5-19(26)24-17-12-14(21)8-11-16(17)22/h6-12H,1-5,22H2,(H,23,25)(H,24,26). The van der Waals surface area contributed by atoms with E-state index < -0.39 is 5.82 Å². The van der Waals surface area contributed by atoms with E-state index in [1.54, 1.807) is 0 Å². The molecule has 0 unspecified atom stereocenters. The summed E-state index contributed by atoms with van der Waals surface area (Å²) in [6.45, 7) is 0. The van der Waals surface area contributed by atoms with Crippen molar-refractivity contribution < 1.29 is 18.4 Å². The van der Waals surface area contributed by atoms with E-state index in [0.29, 0.717) is 37.1 Å². The van der Waals surface area contributed by atoms with E-state index in [4.69, 9.17) is 5.73 Å². The minimum atomic E-state index is -0.471. The summed E-state index contributed by atoms with van der Waals surface area (Å²) in [4.78, 5) is 23.6. The SMILES string of the molecule is Nc1ccc(F)cc1NC(=O)CCCCCC(=O)Nc1ccc(F)cc1. The molecule has 0 aliphatic rings. The van der Waals surface area contributed by atoms with Crippen molar-refractivity contribution in [3.05, 3.63) is 54.1 Å². The number of carbonyl (C=O) groups is 2. The van der Waals surface area contributed by atoms with E-state index in [9.17, 15) is 18.4 Å². The van der Waals surface area contributed by atoms with Crippen LogP contribution in [0.4, 0.5) is 25.8 Å². The van der Waals surface area contributed by atoms with E-state index in [1.807, 2.05) is 0 Å². The van der Waals surface area contributed by atoms with E-state index in [-0.39, 0.29) is 29.7 Å². The van der Waals surface area contributed by atoms with Crippen LogP contribution >= 0.6 is 0 Å². The lowest BCUT2D eigenvalue weighted by atomic mass is 10.1. The molecule has 26 heavy (non-hydrogen) atoms. The molecule has 0 aromatic heterocycles. The Hall–Kier alpha value is -2.96. The minimum absolute atomic E-state index is 0.159. The molecular formula is C19H21F2N3O2. The van der Waals surface area contributed by atoms with Gasteiger partial charge in [-0.1, -0.05) is 6.42 Å². The highest BCUT2D eigenvalue weighted by Crippen LogP contribution is 2.19. The molecule has 0 aliphatic heterocycles. The Morgan fingerprint density at radius 2 is 1.38 bits per heavy atom. The Labute approximate surface area is 150 Å². The van der Waals surface area contributed by atoms with Crippen LogP contribution in [0.5, 0.6) is 0 Å². The lowest BCUT2D eigenvalue weighted by Gasteiger charge is -2.08. The second kappa shape index (κ2) is 9.50. The fraction of sp³-hybridized carbons (Fsp3) is 0.263. The third-order valence-corrected chi connectivity index (χ3v) is 3.73. The van der Waals surface area contributed by atoms with Crippen LogP contribution in [0.1, 0.15) is 32.1 Å². The molecule has 0 atom stereocenters. The summed E-state index contributed by atoms with van der Waals surface area (Å²) in [5.41, 5.74) is 6.78. The first-order chi connectivity index (χ1) is 12.4. The van der Waals surface area contributed by atoms with Crippen LogP contribution in [0.15, 0.2) is 42.5 Å². The number of amides is 2. The Bertz CT molecular complexity index is 764. The Morgan fingerprint density at radius 3 is 2.04 bits per heavy atom. The number of unbranched alkanes of at least 4 members (excludes halogenated alkanes) is 2. The zero-order chi connectivity index (χ0) is 18.9. The first kappa shape index (κ1) is 19.4. The smallest absolute Gasteiger partial charge is 0.224 e. The minimum Gasteiger partial charge on any atom is -0.397 e. The molecule has 5 nitrogen and oxygen atoms in total. The van der Waals surface area contributed by atoms with E-state index in [1.165, 1.54) is 42.5 Å². The Kier molecular flexibility index (Phi) is 7.08. The fourth-order valence-corrected chi connectivity index (χ4v) is 2.35. The summed E-state index contributed by atoms with van der Waals surface area (Å²) < 4.78 is 25.9. The number of anilines is 3. The molecule has 0 bridgehead atoms. The number of rotatable bonds is 8. The number of hydrogen-bond acceptors (Lipinski definition) is 3. The van der Waals surface area contributed by atoms with Crippen LogP contribution in [0.2, 0.25) is 0 Å². The number of nitrogens with one attached hydrogen (secondary N) is 2. The zero-order valence-corrected chi connectivity index (χ0v) is 14.2. The van der Waals surface area contributed by atoms with Crippen LogP contribution in [-0.4, -0.2) is 11.8 Å². The van der Waals surface area contributed by atoms with Crippen LogP contribution in [-0.2, 0) is 9.59 Å². The quantitative estimate of drug-likeness (QED) is 0.489. The van der Waals surface area contributed by atoms with Gasteiger partial charge < -0.3 is 16.4 Å². The second-order valence-corrected chi connectivity index (χ2v) is 5.90. The van der Waals surface area contributed by atoms with Crippen molar-refractivity contribution in [2.75, 3.05) is 16.4 Å². The van der Waals surface area contributed by atoms with Crippen LogP contribution in [0, 0.1) is 11.6 Å². The second-order valence-electron chi connectivity index (χ2n) is 5.90. The molecule has 138 valence electrons. The molecule has 2 rings (SSSR count). The Balaban J connectivity index is 1.62. The lowest BCUT2D eigenvalue weighted by molar-refractivity contribution is -0.116. The maximum atomic E-state index is 13.1. The van der Waals surface area contributed by atoms with Crippen molar-refractivity contribution in [1.29, 1.82) is 0 Å². The number of carbonyl (C=O) groups excluding carboxylic acids is 2. The molecule has 0 saturated heterocycles. The summed E-state index contributed by atoms with van der Waals surface area (Å²) in [5.74, 6) is -1.24. The van der Waals surface area contributed by atoms with E-state index >= 15 is 0 Å². The van der Waals surface area contributed by atoms with Crippen molar-refractivity contribution in [2.45, 2.75) is 32.1 Å². The fourth-order valence-electron chi connectivity index (χ4n) is 2.35. The molecule has 0 saturated carbocycles. The van der Waals surface area contributed by atoms with Gasteiger partial charge in [-0.2, -0.15) is 0 Å². The van der Waals surface area contributed by atoms with Gasteiger partial charge in [-0.15, -0.1) is 0 Å². The molecule has 2 amide bonds. The number of hydrogen-bond donors (Lipinski definition) is 3. The first-order valence-electron chi connectivity index (χ1n) is 8.34. The molecule has 2 aromatic carbocycles. The lowest BCUT2D eigenvalue weighted by Crippen LogP contribution is -2.13. The normalized spacial score (nSPS) is 10.4. The number of nitrogen functional groups attached to an aromatic ring is 1. The highest BCUT2D eigenvalue weighted by atomic mass is 19.1. The highest BCUT2D eigenvalue weighted by Gasteiger charge is 2.07. The molecule has 0 radical (unpaired) electrons. The summed E-state index contributed by atoms with van der Waals surface area (Å²) in [6.07, 6.45) is 2.50. The van der Waals surface area contributed by atoms with Gasteiger partial charge >= 0.3 is 0 Å². The van der Waals surface area contributed by atoms with Gasteiger partial charge in [0.15, 0.2) is 0 Å². The number of benzene rings is 2. The van der Waals surface area contributed by atoms with Crippen molar-refractivity contribution in [3.8, 4) is 0 Å². The van der Waals surface area contributed by atoms with Gasteiger partial charge in [0, 0.05) is 18.5 Å². The molecule has 2 aromatic rings. The highest BCUT2D eigenvalue weighted by molar-refractivity contribution is 5.93. The molecule has 0 fully saturated rings. The van der Waals surface area contributed by atoms with E-state index in [0.717, 1.165) is 0 Å². The maximum Gasteiger partial charge on any atom is 0.224 e.